The standard InChI is InChI=1S/C20H38/c1-3-5-7-9-11-13-15-17-20-18-19(20)16-14-12-10-8-6-4-2/h17,19H,3-16,18H2,1-2H3. The molecule has 0 bridgehead atoms. The first-order valence-corrected chi connectivity index (χ1v) is 9.57. The molecule has 0 spiro atoms. The summed E-state index contributed by atoms with van der Waals surface area (Å²) < 4.78 is 0. The van der Waals surface area contributed by atoms with Gasteiger partial charge < -0.3 is 0 Å². The number of hydrogen-bond acceptors (Lipinski definition) is 0. The van der Waals surface area contributed by atoms with Gasteiger partial charge >= 0.3 is 0 Å². The second-order valence-electron chi connectivity index (χ2n) is 6.79. The van der Waals surface area contributed by atoms with Crippen molar-refractivity contribution in [2.24, 2.45) is 5.92 Å². The van der Waals surface area contributed by atoms with E-state index in [4.69, 9.17) is 0 Å². The van der Waals surface area contributed by atoms with Gasteiger partial charge in [0.25, 0.3) is 0 Å². The van der Waals surface area contributed by atoms with Gasteiger partial charge in [-0.3, -0.25) is 0 Å². The quantitative estimate of drug-likeness (QED) is 0.229. The zero-order chi connectivity index (χ0) is 14.5. The van der Waals surface area contributed by atoms with E-state index < -0.39 is 0 Å². The third kappa shape index (κ3) is 9.61. The molecule has 0 radical (unpaired) electrons. The Kier molecular flexibility index (Phi) is 11.1. The Bertz CT molecular complexity index is 238. The van der Waals surface area contributed by atoms with Crippen LogP contribution in [0.1, 0.15) is 110 Å². The Labute approximate surface area is 128 Å². The van der Waals surface area contributed by atoms with Crippen LogP contribution in [-0.2, 0) is 0 Å². The highest BCUT2D eigenvalue weighted by Gasteiger charge is 2.27. The highest BCUT2D eigenvalue weighted by molar-refractivity contribution is 5.22. The minimum absolute atomic E-state index is 1.00. The predicted octanol–water partition coefficient (Wildman–Crippen LogP) is 7.43. The topological polar surface area (TPSA) is 0 Å². The van der Waals surface area contributed by atoms with Crippen LogP contribution >= 0.6 is 0 Å². The van der Waals surface area contributed by atoms with Gasteiger partial charge in [-0.05, 0) is 31.6 Å². The van der Waals surface area contributed by atoms with E-state index in [0.717, 1.165) is 5.92 Å². The molecule has 0 aromatic rings. The molecule has 0 nitrogen and oxygen atoms in total. The van der Waals surface area contributed by atoms with E-state index in [-0.39, 0.29) is 0 Å². The average Bonchev–Trinajstić information content (AvgIpc) is 3.20. The Morgan fingerprint density at radius 1 is 0.750 bits per heavy atom. The van der Waals surface area contributed by atoms with Gasteiger partial charge in [0.05, 0.1) is 0 Å². The van der Waals surface area contributed by atoms with Gasteiger partial charge in [0.2, 0.25) is 0 Å². The van der Waals surface area contributed by atoms with Crippen molar-refractivity contribution < 1.29 is 0 Å². The molecule has 118 valence electrons. The SMILES string of the molecule is CCCCCCCCC=C1CC1CCCCCCCC. The normalized spacial score (nSPS) is 19.7. The second-order valence-corrected chi connectivity index (χ2v) is 6.79. The van der Waals surface area contributed by atoms with Gasteiger partial charge in [-0.1, -0.05) is 96.1 Å². The van der Waals surface area contributed by atoms with Crippen LogP contribution in [0.15, 0.2) is 11.6 Å². The maximum Gasteiger partial charge on any atom is -0.0166 e. The summed E-state index contributed by atoms with van der Waals surface area (Å²) >= 11 is 0. The average molecular weight is 279 g/mol. The number of allylic oxidation sites excluding steroid dienone is 2. The van der Waals surface area contributed by atoms with E-state index in [1.807, 2.05) is 0 Å². The molecule has 0 heteroatoms. The second kappa shape index (κ2) is 12.5. The summed E-state index contributed by atoms with van der Waals surface area (Å²) in [5.74, 6) is 1.00. The van der Waals surface area contributed by atoms with Crippen molar-refractivity contribution in [1.82, 2.24) is 0 Å². The Morgan fingerprint density at radius 3 is 1.95 bits per heavy atom. The van der Waals surface area contributed by atoms with Crippen LogP contribution < -0.4 is 0 Å². The Balaban J connectivity index is 1.83. The van der Waals surface area contributed by atoms with Gasteiger partial charge in [0.15, 0.2) is 0 Å². The summed E-state index contributed by atoms with van der Waals surface area (Å²) in [4.78, 5) is 0. The number of unbranched alkanes of at least 4 members (excludes halogenated alkanes) is 11. The fourth-order valence-corrected chi connectivity index (χ4v) is 3.15. The molecular formula is C20H38. The smallest absolute Gasteiger partial charge is 0.0166 e. The summed E-state index contributed by atoms with van der Waals surface area (Å²) in [7, 11) is 0. The van der Waals surface area contributed by atoms with Crippen molar-refractivity contribution in [2.75, 3.05) is 0 Å². The lowest BCUT2D eigenvalue weighted by molar-refractivity contribution is 0.573. The van der Waals surface area contributed by atoms with Gasteiger partial charge in [-0.15, -0.1) is 0 Å². The summed E-state index contributed by atoms with van der Waals surface area (Å²) in [5, 5.41) is 0. The Hall–Kier alpha value is -0.260. The third-order valence-electron chi connectivity index (χ3n) is 4.72. The van der Waals surface area contributed by atoms with E-state index in [9.17, 15) is 0 Å². The van der Waals surface area contributed by atoms with E-state index >= 15 is 0 Å². The van der Waals surface area contributed by atoms with Crippen LogP contribution in [0, 0.1) is 5.92 Å². The Morgan fingerprint density at radius 2 is 1.30 bits per heavy atom. The van der Waals surface area contributed by atoms with Crippen molar-refractivity contribution in [3.63, 3.8) is 0 Å². The number of rotatable bonds is 14. The largest absolute Gasteiger partial charge is 0.0850 e. The van der Waals surface area contributed by atoms with Crippen molar-refractivity contribution in [3.05, 3.63) is 11.6 Å². The van der Waals surface area contributed by atoms with Crippen LogP contribution in [0.5, 0.6) is 0 Å². The van der Waals surface area contributed by atoms with E-state index in [2.05, 4.69) is 19.9 Å². The molecule has 0 N–H and O–H groups in total. The minimum Gasteiger partial charge on any atom is -0.0850 e. The van der Waals surface area contributed by atoms with Gasteiger partial charge in [-0.2, -0.15) is 0 Å². The first kappa shape index (κ1) is 17.8. The maximum atomic E-state index is 2.57. The van der Waals surface area contributed by atoms with Crippen molar-refractivity contribution >= 4 is 0 Å². The van der Waals surface area contributed by atoms with Crippen LogP contribution in [0.4, 0.5) is 0 Å². The highest BCUT2D eigenvalue weighted by Crippen LogP contribution is 2.42. The maximum absolute atomic E-state index is 2.57. The van der Waals surface area contributed by atoms with Crippen LogP contribution in [0.2, 0.25) is 0 Å². The van der Waals surface area contributed by atoms with Gasteiger partial charge in [0, 0.05) is 0 Å². The third-order valence-corrected chi connectivity index (χ3v) is 4.72. The molecule has 0 aliphatic heterocycles. The lowest BCUT2D eigenvalue weighted by Crippen LogP contribution is -1.81. The van der Waals surface area contributed by atoms with Gasteiger partial charge in [-0.25, -0.2) is 0 Å². The molecule has 0 saturated heterocycles. The summed E-state index contributed by atoms with van der Waals surface area (Å²) in [6, 6.07) is 0. The molecule has 0 aromatic heterocycles. The molecule has 20 heavy (non-hydrogen) atoms. The van der Waals surface area contributed by atoms with E-state index in [1.54, 1.807) is 5.57 Å². The van der Waals surface area contributed by atoms with Crippen molar-refractivity contribution in [1.29, 1.82) is 0 Å². The van der Waals surface area contributed by atoms with Gasteiger partial charge in [0.1, 0.15) is 0 Å². The zero-order valence-electron chi connectivity index (χ0n) is 14.3. The lowest BCUT2D eigenvalue weighted by atomic mass is 10.1. The molecule has 1 rings (SSSR count). The molecule has 0 amide bonds. The van der Waals surface area contributed by atoms with E-state index in [1.165, 1.54) is 96.3 Å². The monoisotopic (exact) mass is 278 g/mol. The molecule has 1 unspecified atom stereocenters. The molecule has 1 aliphatic rings. The summed E-state index contributed by atoms with van der Waals surface area (Å²) in [6.07, 6.45) is 24.1. The lowest BCUT2D eigenvalue weighted by Gasteiger charge is -1.99. The first-order chi connectivity index (χ1) is 9.88. The molecule has 0 aromatic carbocycles. The first-order valence-electron chi connectivity index (χ1n) is 9.57. The number of hydrogen-bond donors (Lipinski definition) is 0. The van der Waals surface area contributed by atoms with Crippen molar-refractivity contribution in [3.8, 4) is 0 Å². The predicted molar refractivity (Wildman–Crippen MR) is 92.2 cm³/mol. The molecule has 1 aliphatic carbocycles. The van der Waals surface area contributed by atoms with Crippen LogP contribution in [-0.4, -0.2) is 0 Å². The van der Waals surface area contributed by atoms with Crippen LogP contribution in [0.25, 0.3) is 0 Å². The molecule has 1 fully saturated rings. The summed E-state index contributed by atoms with van der Waals surface area (Å²) in [6.45, 7) is 4.59. The van der Waals surface area contributed by atoms with Crippen LogP contribution in [0.3, 0.4) is 0 Å². The minimum atomic E-state index is 1.00. The zero-order valence-corrected chi connectivity index (χ0v) is 14.3. The van der Waals surface area contributed by atoms with Crippen molar-refractivity contribution in [2.45, 2.75) is 110 Å². The molecular weight excluding hydrogens is 240 g/mol. The highest BCUT2D eigenvalue weighted by atomic mass is 14.3. The summed E-state index contributed by atoms with van der Waals surface area (Å²) in [5.41, 5.74) is 1.80. The van der Waals surface area contributed by atoms with E-state index in [0.29, 0.717) is 0 Å². The molecule has 1 saturated carbocycles. The molecule has 0 heterocycles. The molecule has 1 atom stereocenters. The fraction of sp³-hybridized carbons (Fsp3) is 0.900. The fourth-order valence-electron chi connectivity index (χ4n) is 3.15.